The molecule has 17 heteroatoms. The number of aryl methyl sites for hydroxylation is 1. The van der Waals surface area contributed by atoms with Gasteiger partial charge in [0.25, 0.3) is 0 Å². The number of benzene rings is 1. The van der Waals surface area contributed by atoms with Gasteiger partial charge in [-0.25, -0.2) is 9.48 Å². The Labute approximate surface area is 352 Å². The van der Waals surface area contributed by atoms with Gasteiger partial charge >= 0.3 is 12.1 Å². The number of amides is 1. The maximum Gasteiger partial charge on any atom is 0.411 e. The molecule has 5 aliphatic heterocycles. The first-order valence-electron chi connectivity index (χ1n) is 21.5. The van der Waals surface area contributed by atoms with E-state index in [-0.39, 0.29) is 50.7 Å². The number of ether oxygens (including phenoxy) is 6. The van der Waals surface area contributed by atoms with Crippen LogP contribution in [0.2, 0.25) is 0 Å². The first-order chi connectivity index (χ1) is 28.4. The highest BCUT2D eigenvalue weighted by Crippen LogP contribution is 2.45. The summed E-state index contributed by atoms with van der Waals surface area (Å²) in [4.78, 5) is 53.1. The summed E-state index contributed by atoms with van der Waals surface area (Å²) >= 11 is 0. The number of aliphatic hydroxyl groups is 1. The van der Waals surface area contributed by atoms with Gasteiger partial charge in [0, 0.05) is 36.8 Å². The van der Waals surface area contributed by atoms with Crippen molar-refractivity contribution in [3.05, 3.63) is 23.8 Å². The number of nitrogens with zero attached hydrogens (tertiary/aromatic N) is 6. The van der Waals surface area contributed by atoms with E-state index in [0.29, 0.717) is 24.1 Å². The Hall–Kier alpha value is -3.74. The van der Waals surface area contributed by atoms with Gasteiger partial charge in [-0.1, -0.05) is 44.1 Å². The largest absolute Gasteiger partial charge is 0.458 e. The smallest absolute Gasteiger partial charge is 0.411 e. The van der Waals surface area contributed by atoms with Crippen molar-refractivity contribution in [3.8, 4) is 0 Å². The quantitative estimate of drug-likeness (QED) is 0.313. The molecule has 2 aromatic rings. The monoisotopic (exact) mass is 840 g/mol. The number of carbonyl (C=O) groups excluding carboxylic acids is 3. The van der Waals surface area contributed by atoms with Gasteiger partial charge in [0.05, 0.1) is 66.9 Å². The Morgan fingerprint density at radius 2 is 1.82 bits per heavy atom. The van der Waals surface area contributed by atoms with Gasteiger partial charge in [-0.15, -0.1) is 5.10 Å². The fraction of sp³-hybridized carbons (Fsp3) is 0.767. The van der Waals surface area contributed by atoms with E-state index < -0.39 is 89.6 Å². The molecule has 7 rings (SSSR count). The molecule has 332 valence electrons. The van der Waals surface area contributed by atoms with Gasteiger partial charge in [0.15, 0.2) is 11.9 Å². The molecule has 1 amide bonds. The van der Waals surface area contributed by atoms with Crippen LogP contribution in [0.3, 0.4) is 0 Å². The van der Waals surface area contributed by atoms with Gasteiger partial charge in [0.2, 0.25) is 0 Å². The number of cyclic esters (lactones) is 1. The fourth-order valence-corrected chi connectivity index (χ4v) is 10.6. The van der Waals surface area contributed by atoms with Crippen LogP contribution in [-0.2, 0) is 56.5 Å². The number of hydrogen-bond donors (Lipinski definition) is 1. The maximum absolute atomic E-state index is 14.9. The Bertz CT molecular complexity index is 1940. The number of aromatic nitrogens is 3. The Balaban J connectivity index is 1.36. The standard InChI is InChI=1S/C43H64N6O11/c1-12-33-43(8)37-24(4)34(50)22(2)17-42(7)38(59-40-35(51)32(47(9)10)15-23(3)57-40)25(5)36(26(6)39(52)58-33)54-20-28(21-55-42)30(18-49(37)41(53)60-43)45-56-19-27-13-14-31-29(16-27)44-46-48(31)11/h13-14,16,22-26,28,32-33,35-38,40,51H,12,15,17-21H2,1-11H3/b45-30-/t22-,23-,24+,25+,26-,28?,32+,33-,35-,36+,37+,38-,40+,42?,43?/m1/s1. The van der Waals surface area contributed by atoms with Crippen LogP contribution in [0.15, 0.2) is 23.4 Å². The lowest BCUT2D eigenvalue weighted by molar-refractivity contribution is -0.302. The van der Waals surface area contributed by atoms with Crippen LogP contribution < -0.4 is 0 Å². The van der Waals surface area contributed by atoms with Crippen molar-refractivity contribution in [1.29, 1.82) is 0 Å². The molecule has 1 N–H and O–H groups in total. The molecule has 1 aromatic carbocycles. The number of Topliss-reactive ketones (excluding diaryl/α,β-unsaturated/α-hetero) is 1. The zero-order valence-electron chi connectivity index (χ0n) is 36.9. The number of carbonyl (C=O) groups is 3. The van der Waals surface area contributed by atoms with E-state index in [0.717, 1.165) is 11.1 Å². The van der Waals surface area contributed by atoms with Crippen LogP contribution in [0.4, 0.5) is 4.79 Å². The van der Waals surface area contributed by atoms with Crippen molar-refractivity contribution in [1.82, 2.24) is 24.8 Å². The highest BCUT2D eigenvalue weighted by Gasteiger charge is 2.61. The molecule has 0 saturated carbocycles. The third-order valence-corrected chi connectivity index (χ3v) is 13.9. The molecule has 5 saturated heterocycles. The Kier molecular flexibility index (Phi) is 12.7. The second kappa shape index (κ2) is 17.2. The molecular weight excluding hydrogens is 777 g/mol. The lowest BCUT2D eigenvalue weighted by Gasteiger charge is -2.48. The predicted octanol–water partition coefficient (Wildman–Crippen LogP) is 3.87. The van der Waals surface area contributed by atoms with Crippen LogP contribution in [0.1, 0.15) is 80.2 Å². The first-order valence-corrected chi connectivity index (χ1v) is 21.5. The van der Waals surface area contributed by atoms with Crippen LogP contribution in [-0.4, -0.2) is 147 Å². The first kappa shape index (κ1) is 44.3. The number of oxime groups is 1. The average Bonchev–Trinajstić information content (AvgIpc) is 3.70. The summed E-state index contributed by atoms with van der Waals surface area (Å²) in [5.41, 5.74) is 0.229. The van der Waals surface area contributed by atoms with Crippen molar-refractivity contribution in [2.45, 2.75) is 141 Å². The summed E-state index contributed by atoms with van der Waals surface area (Å²) in [7, 11) is 5.65. The van der Waals surface area contributed by atoms with Crippen LogP contribution >= 0.6 is 0 Å². The lowest BCUT2D eigenvalue weighted by atomic mass is 9.73. The third-order valence-electron chi connectivity index (χ3n) is 13.9. The molecule has 17 nitrogen and oxygen atoms in total. The van der Waals surface area contributed by atoms with Gasteiger partial charge in [-0.2, -0.15) is 0 Å². The van der Waals surface area contributed by atoms with E-state index >= 15 is 0 Å². The van der Waals surface area contributed by atoms with Gasteiger partial charge in [0.1, 0.15) is 30.1 Å². The molecule has 0 radical (unpaired) electrons. The Morgan fingerprint density at radius 3 is 2.53 bits per heavy atom. The number of likely N-dealkylation sites (N-methyl/N-ethyl adjacent to an activating group) is 1. The van der Waals surface area contributed by atoms with Crippen LogP contribution in [0.5, 0.6) is 0 Å². The zero-order valence-corrected chi connectivity index (χ0v) is 36.9. The fourth-order valence-electron chi connectivity index (χ4n) is 10.6. The van der Waals surface area contributed by atoms with E-state index in [1.165, 1.54) is 4.90 Å². The zero-order chi connectivity index (χ0) is 43.4. The number of aliphatic hydroxyl groups excluding tert-OH is 1. The van der Waals surface area contributed by atoms with Crippen LogP contribution in [0.25, 0.3) is 11.0 Å². The lowest BCUT2D eigenvalue weighted by Crippen LogP contribution is -2.61. The topological polar surface area (TPSA) is 186 Å². The summed E-state index contributed by atoms with van der Waals surface area (Å²) in [6, 6.07) is 4.62. The SMILES string of the molecule is CC[C@H]1OC(=O)[C@H](C)[C@H]2OCC3COC(C)(C[C@@H](C)C(=O)[C@H](C)[C@@H]4N(C/C3=N/OCc3ccc5c(c3)nnn5C)C(=O)OC41C)[C@H](O[C@@H]1O[C@H](C)C[C@H](N(C)C)[C@H]1O)[C@H]2C. The third kappa shape index (κ3) is 8.17. The second-order valence-electron chi connectivity index (χ2n) is 18.5. The van der Waals surface area contributed by atoms with Crippen molar-refractivity contribution < 1.29 is 52.7 Å². The van der Waals surface area contributed by atoms with E-state index in [2.05, 4.69) is 10.3 Å². The number of rotatable bonds is 7. The highest BCUT2D eigenvalue weighted by atomic mass is 16.7. The summed E-state index contributed by atoms with van der Waals surface area (Å²) in [6.07, 6.45) is -4.37. The van der Waals surface area contributed by atoms with Gasteiger partial charge < -0.3 is 43.3 Å². The van der Waals surface area contributed by atoms with Crippen molar-refractivity contribution in [2.75, 3.05) is 33.9 Å². The molecule has 0 aliphatic carbocycles. The maximum atomic E-state index is 14.9. The molecule has 15 atom stereocenters. The molecule has 5 aliphatic rings. The summed E-state index contributed by atoms with van der Waals surface area (Å²) in [5.74, 6) is -4.01. The molecule has 6 bridgehead atoms. The molecule has 5 fully saturated rings. The van der Waals surface area contributed by atoms with Crippen molar-refractivity contribution >= 4 is 34.6 Å². The van der Waals surface area contributed by atoms with Crippen molar-refractivity contribution in [3.63, 3.8) is 0 Å². The summed E-state index contributed by atoms with van der Waals surface area (Å²) in [5, 5.41) is 24.8. The molecule has 0 spiro atoms. The summed E-state index contributed by atoms with van der Waals surface area (Å²) < 4.78 is 41.5. The minimum absolute atomic E-state index is 0.0338. The Morgan fingerprint density at radius 1 is 1.07 bits per heavy atom. The molecule has 6 heterocycles. The average molecular weight is 841 g/mol. The number of esters is 1. The number of hydrogen-bond acceptors (Lipinski definition) is 15. The van der Waals surface area contributed by atoms with Gasteiger partial charge in [-0.05, 0) is 78.7 Å². The van der Waals surface area contributed by atoms with Gasteiger partial charge in [-0.3, -0.25) is 14.5 Å². The van der Waals surface area contributed by atoms with Crippen LogP contribution in [0, 0.1) is 29.6 Å². The number of fused-ring (bicyclic) bond motifs is 6. The molecular formula is C43H64N6O11. The highest BCUT2D eigenvalue weighted by molar-refractivity contribution is 5.92. The predicted molar refractivity (Wildman–Crippen MR) is 217 cm³/mol. The summed E-state index contributed by atoms with van der Waals surface area (Å²) in [6.45, 7) is 15.0. The van der Waals surface area contributed by atoms with E-state index in [1.54, 1.807) is 25.5 Å². The van der Waals surface area contributed by atoms with E-state index in [1.807, 2.05) is 78.9 Å². The second-order valence-corrected chi connectivity index (χ2v) is 18.5. The number of ketones is 1. The van der Waals surface area contributed by atoms with E-state index in [4.69, 9.17) is 38.4 Å². The minimum Gasteiger partial charge on any atom is -0.458 e. The normalized spacial score (nSPS) is 41.1. The molecule has 60 heavy (non-hydrogen) atoms. The van der Waals surface area contributed by atoms with Crippen molar-refractivity contribution in [2.24, 2.45) is 41.8 Å². The molecule has 3 unspecified atom stereocenters. The molecule has 1 aromatic heterocycles. The minimum atomic E-state index is -1.40. The van der Waals surface area contributed by atoms with E-state index in [9.17, 15) is 19.5 Å².